The quantitative estimate of drug-likeness (QED) is 0.278. The van der Waals surface area contributed by atoms with Crippen molar-refractivity contribution < 1.29 is 37.2 Å². The third-order valence-electron chi connectivity index (χ3n) is 5.21. The summed E-state index contributed by atoms with van der Waals surface area (Å²) >= 11 is 0. The summed E-state index contributed by atoms with van der Waals surface area (Å²) in [4.78, 5) is 0. The summed E-state index contributed by atoms with van der Waals surface area (Å²) < 4.78 is 37.3. The van der Waals surface area contributed by atoms with Crippen LogP contribution >= 0.6 is 0 Å². The van der Waals surface area contributed by atoms with Gasteiger partial charge in [0.25, 0.3) is 0 Å². The third-order valence-corrected chi connectivity index (χ3v) is 6.07. The van der Waals surface area contributed by atoms with Gasteiger partial charge in [0.2, 0.25) is 0 Å². The molecule has 0 spiro atoms. The Labute approximate surface area is 202 Å². The smallest absolute Gasteiger partial charge is 0.401 e. The Balaban J connectivity index is 1.69. The number of phenols is 4. The normalized spacial score (nSPS) is 11.7. The van der Waals surface area contributed by atoms with Crippen LogP contribution in [-0.2, 0) is 18.8 Å². The summed E-state index contributed by atoms with van der Waals surface area (Å²) in [6.07, 6.45) is -2.28. The van der Waals surface area contributed by atoms with Crippen LogP contribution in [0, 0.1) is 0 Å². The Morgan fingerprint density at radius 3 is 0.829 bits per heavy atom. The molecule has 4 rings (SSSR count). The predicted octanol–water partition coefficient (Wildman–Crippen LogP) is 4.67. The maximum absolute atomic E-state index is 13.2. The highest BCUT2D eigenvalue weighted by Gasteiger charge is 2.29. The second-order valence-corrected chi connectivity index (χ2v) is 8.93. The zero-order valence-corrected chi connectivity index (χ0v) is 19.0. The second kappa shape index (κ2) is 10.1. The lowest BCUT2D eigenvalue weighted by atomic mass is 10.0. The molecule has 0 saturated heterocycles. The lowest BCUT2D eigenvalue weighted by molar-refractivity contribution is 0.155. The van der Waals surface area contributed by atoms with Gasteiger partial charge in [-0.3, -0.25) is 0 Å². The van der Waals surface area contributed by atoms with E-state index in [1.165, 1.54) is 97.1 Å². The number of rotatable bonds is 8. The molecule has 9 heteroatoms. The van der Waals surface area contributed by atoms with Gasteiger partial charge in [-0.2, -0.15) is 8.42 Å². The summed E-state index contributed by atoms with van der Waals surface area (Å²) in [6, 6.07) is 23.3. The fourth-order valence-corrected chi connectivity index (χ4v) is 4.42. The first-order valence-electron chi connectivity index (χ1n) is 10.5. The lowest BCUT2D eigenvalue weighted by Crippen LogP contribution is -2.19. The van der Waals surface area contributed by atoms with Gasteiger partial charge < -0.3 is 20.4 Å². The van der Waals surface area contributed by atoms with E-state index in [4.69, 9.17) is 8.37 Å². The van der Waals surface area contributed by atoms with E-state index in [-0.39, 0.29) is 23.0 Å². The minimum atomic E-state index is -4.66. The summed E-state index contributed by atoms with van der Waals surface area (Å²) in [5.74, 6) is -0.0110. The van der Waals surface area contributed by atoms with Gasteiger partial charge in [-0.1, -0.05) is 48.5 Å². The van der Waals surface area contributed by atoms with Crippen molar-refractivity contribution in [2.45, 2.75) is 12.2 Å². The SMILES string of the molecule is O=S(=O)(OC(c1ccc(O)cc1)c1ccc(O)cc1)OC(c1ccc(O)cc1)c1ccc(O)cc1. The maximum Gasteiger partial charge on any atom is 0.401 e. The van der Waals surface area contributed by atoms with Crippen molar-refractivity contribution in [3.8, 4) is 23.0 Å². The minimum absolute atomic E-state index is 0.00274. The zero-order chi connectivity index (χ0) is 25.0. The van der Waals surface area contributed by atoms with Crippen LogP contribution in [0.1, 0.15) is 34.5 Å². The van der Waals surface area contributed by atoms with Crippen LogP contribution in [-0.4, -0.2) is 28.8 Å². The van der Waals surface area contributed by atoms with Crippen LogP contribution in [0.2, 0.25) is 0 Å². The molecule has 4 aromatic rings. The highest BCUT2D eigenvalue weighted by atomic mass is 32.3. The van der Waals surface area contributed by atoms with Crippen LogP contribution < -0.4 is 0 Å². The Morgan fingerprint density at radius 2 is 0.629 bits per heavy atom. The van der Waals surface area contributed by atoms with Crippen molar-refractivity contribution in [2.24, 2.45) is 0 Å². The highest BCUT2D eigenvalue weighted by molar-refractivity contribution is 7.81. The van der Waals surface area contributed by atoms with E-state index < -0.39 is 22.6 Å². The van der Waals surface area contributed by atoms with E-state index in [9.17, 15) is 28.8 Å². The number of hydrogen-bond donors (Lipinski definition) is 4. The first-order chi connectivity index (χ1) is 16.7. The van der Waals surface area contributed by atoms with Crippen LogP contribution in [0.3, 0.4) is 0 Å². The Hall–Kier alpha value is -4.05. The Morgan fingerprint density at radius 1 is 0.429 bits per heavy atom. The van der Waals surface area contributed by atoms with E-state index in [1.807, 2.05) is 0 Å². The number of hydrogen-bond acceptors (Lipinski definition) is 8. The largest absolute Gasteiger partial charge is 0.508 e. The Bertz CT molecular complexity index is 1170. The summed E-state index contributed by atoms with van der Waals surface area (Å²) in [5.41, 5.74) is 1.69. The maximum atomic E-state index is 13.2. The van der Waals surface area contributed by atoms with Crippen molar-refractivity contribution in [1.82, 2.24) is 0 Å². The molecule has 180 valence electrons. The highest BCUT2D eigenvalue weighted by Crippen LogP contribution is 2.35. The molecule has 0 amide bonds. The second-order valence-electron chi connectivity index (χ2n) is 7.73. The van der Waals surface area contributed by atoms with Crippen molar-refractivity contribution in [3.05, 3.63) is 119 Å². The van der Waals surface area contributed by atoms with Crippen molar-refractivity contribution >= 4 is 10.4 Å². The lowest BCUT2D eigenvalue weighted by Gasteiger charge is -2.22. The number of benzene rings is 4. The standard InChI is InChI=1S/C26H22O8S/c27-21-9-1-17(2-10-21)25(18-3-11-22(28)12-4-18)33-35(31,32)34-26(19-5-13-23(29)14-6-19)20-7-15-24(30)16-8-20/h1-16,25-30H. The molecule has 0 heterocycles. The fraction of sp³-hybridized carbons (Fsp3) is 0.0769. The van der Waals surface area contributed by atoms with Crippen LogP contribution in [0.5, 0.6) is 23.0 Å². The first-order valence-corrected chi connectivity index (χ1v) is 11.8. The molecule has 0 saturated carbocycles. The average molecular weight is 495 g/mol. The molecule has 0 aliphatic carbocycles. The van der Waals surface area contributed by atoms with Gasteiger partial charge in [0.05, 0.1) is 0 Å². The predicted molar refractivity (Wildman–Crippen MR) is 127 cm³/mol. The van der Waals surface area contributed by atoms with E-state index in [0.29, 0.717) is 22.3 Å². The van der Waals surface area contributed by atoms with Crippen LogP contribution in [0.4, 0.5) is 0 Å². The van der Waals surface area contributed by atoms with Gasteiger partial charge in [0.1, 0.15) is 35.2 Å². The van der Waals surface area contributed by atoms with Gasteiger partial charge in [-0.05, 0) is 70.8 Å². The fourth-order valence-electron chi connectivity index (χ4n) is 3.46. The van der Waals surface area contributed by atoms with Crippen molar-refractivity contribution in [1.29, 1.82) is 0 Å². The topological polar surface area (TPSA) is 134 Å². The third kappa shape index (κ3) is 6.10. The molecule has 0 bridgehead atoms. The molecule has 0 aromatic heterocycles. The van der Waals surface area contributed by atoms with Gasteiger partial charge >= 0.3 is 10.4 Å². The van der Waals surface area contributed by atoms with E-state index in [2.05, 4.69) is 0 Å². The minimum Gasteiger partial charge on any atom is -0.508 e. The molecule has 0 fully saturated rings. The average Bonchev–Trinajstić information content (AvgIpc) is 2.84. The molecule has 4 aromatic carbocycles. The molecule has 35 heavy (non-hydrogen) atoms. The van der Waals surface area contributed by atoms with Gasteiger partial charge in [0.15, 0.2) is 0 Å². The Kier molecular flexibility index (Phi) is 6.92. The summed E-state index contributed by atoms with van der Waals surface area (Å²) in [5, 5.41) is 38.5. The van der Waals surface area contributed by atoms with Gasteiger partial charge in [0, 0.05) is 0 Å². The molecule has 0 aliphatic heterocycles. The first kappa shape index (κ1) is 24.1. The number of aromatic hydroxyl groups is 4. The van der Waals surface area contributed by atoms with E-state index in [1.54, 1.807) is 0 Å². The van der Waals surface area contributed by atoms with Gasteiger partial charge in [-0.15, -0.1) is 0 Å². The zero-order valence-electron chi connectivity index (χ0n) is 18.2. The van der Waals surface area contributed by atoms with E-state index in [0.717, 1.165) is 0 Å². The molecule has 0 radical (unpaired) electrons. The molecular formula is C26H22O8S. The molecule has 0 aliphatic rings. The summed E-state index contributed by atoms with van der Waals surface area (Å²) in [6.45, 7) is 0. The van der Waals surface area contributed by atoms with Crippen LogP contribution in [0.15, 0.2) is 97.1 Å². The van der Waals surface area contributed by atoms with Gasteiger partial charge in [-0.25, -0.2) is 8.37 Å². The monoisotopic (exact) mass is 494 g/mol. The molecular weight excluding hydrogens is 472 g/mol. The van der Waals surface area contributed by atoms with Crippen molar-refractivity contribution in [2.75, 3.05) is 0 Å². The molecule has 4 N–H and O–H groups in total. The molecule has 0 unspecified atom stereocenters. The molecule has 0 atom stereocenters. The van der Waals surface area contributed by atoms with Crippen molar-refractivity contribution in [3.63, 3.8) is 0 Å². The summed E-state index contributed by atoms with van der Waals surface area (Å²) in [7, 11) is -4.66. The number of phenolic OH excluding ortho intramolecular Hbond substituents is 4. The van der Waals surface area contributed by atoms with Crippen LogP contribution in [0.25, 0.3) is 0 Å². The molecule has 8 nitrogen and oxygen atoms in total. The van der Waals surface area contributed by atoms with E-state index >= 15 is 0 Å².